The average Bonchev–Trinajstić information content (AvgIpc) is 2.10. The van der Waals surface area contributed by atoms with Gasteiger partial charge >= 0.3 is 0 Å². The summed E-state index contributed by atoms with van der Waals surface area (Å²) in [4.78, 5) is 6.49. The second-order valence-electron chi connectivity index (χ2n) is 3.69. The Bertz CT molecular complexity index is 115. The van der Waals surface area contributed by atoms with E-state index in [-0.39, 0.29) is 0 Å². The molecule has 0 amide bonds. The quantitative estimate of drug-likeness (QED) is 0.569. The fraction of sp³-hybridized carbons (Fsp3) is 0.800. The summed E-state index contributed by atoms with van der Waals surface area (Å²) in [6, 6.07) is 0. The van der Waals surface area contributed by atoms with Crippen molar-refractivity contribution in [1.29, 1.82) is 0 Å². The SMILES string of the molecule is [CH2]CN(C)CCN(C)CCN([CH2])C. The summed E-state index contributed by atoms with van der Waals surface area (Å²) in [7, 11) is 10.0. The van der Waals surface area contributed by atoms with Crippen LogP contribution < -0.4 is 0 Å². The molecule has 0 spiro atoms. The van der Waals surface area contributed by atoms with Crippen LogP contribution in [0.4, 0.5) is 0 Å². The van der Waals surface area contributed by atoms with Gasteiger partial charge in [-0.25, -0.2) is 0 Å². The van der Waals surface area contributed by atoms with Gasteiger partial charge in [-0.2, -0.15) is 0 Å². The van der Waals surface area contributed by atoms with Crippen molar-refractivity contribution in [2.75, 3.05) is 53.9 Å². The molecule has 3 nitrogen and oxygen atoms in total. The predicted molar refractivity (Wildman–Crippen MR) is 58.3 cm³/mol. The van der Waals surface area contributed by atoms with Gasteiger partial charge in [0, 0.05) is 33.2 Å². The first-order valence-electron chi connectivity index (χ1n) is 4.74. The zero-order valence-corrected chi connectivity index (χ0v) is 9.29. The molecule has 0 saturated carbocycles. The Balaban J connectivity index is 3.34. The van der Waals surface area contributed by atoms with Gasteiger partial charge < -0.3 is 14.7 Å². The van der Waals surface area contributed by atoms with E-state index in [0.29, 0.717) is 0 Å². The molecule has 0 aromatic carbocycles. The van der Waals surface area contributed by atoms with E-state index in [0.717, 1.165) is 32.7 Å². The summed E-state index contributed by atoms with van der Waals surface area (Å²) in [5.74, 6) is 0. The topological polar surface area (TPSA) is 9.72 Å². The molecule has 0 N–H and O–H groups in total. The van der Waals surface area contributed by atoms with Gasteiger partial charge in [-0.05, 0) is 34.6 Å². The minimum Gasteiger partial charge on any atom is -0.305 e. The zero-order valence-electron chi connectivity index (χ0n) is 9.29. The van der Waals surface area contributed by atoms with Crippen LogP contribution in [0.5, 0.6) is 0 Å². The van der Waals surface area contributed by atoms with Crippen LogP contribution in [-0.4, -0.2) is 68.6 Å². The van der Waals surface area contributed by atoms with E-state index >= 15 is 0 Å². The van der Waals surface area contributed by atoms with Crippen LogP contribution in [0.3, 0.4) is 0 Å². The van der Waals surface area contributed by atoms with Crippen LogP contribution >= 0.6 is 0 Å². The molecule has 0 rings (SSSR count). The van der Waals surface area contributed by atoms with Crippen molar-refractivity contribution in [2.24, 2.45) is 0 Å². The summed E-state index contributed by atoms with van der Waals surface area (Å²) in [6.07, 6.45) is 0. The lowest BCUT2D eigenvalue weighted by atomic mass is 10.4. The van der Waals surface area contributed by atoms with Gasteiger partial charge in [0.05, 0.1) is 0 Å². The van der Waals surface area contributed by atoms with Crippen LogP contribution in [0.1, 0.15) is 0 Å². The Hall–Kier alpha value is -0.120. The molecule has 78 valence electrons. The Morgan fingerprint density at radius 3 is 1.77 bits per heavy atom. The average molecular weight is 185 g/mol. The van der Waals surface area contributed by atoms with Crippen molar-refractivity contribution in [3.05, 3.63) is 14.0 Å². The minimum atomic E-state index is 0.878. The van der Waals surface area contributed by atoms with Gasteiger partial charge in [0.15, 0.2) is 0 Å². The highest BCUT2D eigenvalue weighted by Crippen LogP contribution is 1.87. The van der Waals surface area contributed by atoms with E-state index in [2.05, 4.69) is 37.9 Å². The van der Waals surface area contributed by atoms with Gasteiger partial charge in [-0.3, -0.25) is 0 Å². The van der Waals surface area contributed by atoms with Gasteiger partial charge in [-0.15, -0.1) is 0 Å². The van der Waals surface area contributed by atoms with Crippen molar-refractivity contribution in [3.63, 3.8) is 0 Å². The molecule has 0 bridgehead atoms. The lowest BCUT2D eigenvalue weighted by Crippen LogP contribution is -2.34. The van der Waals surface area contributed by atoms with Crippen LogP contribution in [0, 0.1) is 14.0 Å². The number of likely N-dealkylation sites (N-methyl/N-ethyl adjacent to an activating group) is 3. The fourth-order valence-electron chi connectivity index (χ4n) is 0.906. The smallest absolute Gasteiger partial charge is 0.0107 e. The van der Waals surface area contributed by atoms with E-state index in [9.17, 15) is 0 Å². The molecular weight excluding hydrogens is 162 g/mol. The first-order valence-corrected chi connectivity index (χ1v) is 4.74. The van der Waals surface area contributed by atoms with Crippen molar-refractivity contribution < 1.29 is 0 Å². The van der Waals surface area contributed by atoms with Crippen LogP contribution in [0.15, 0.2) is 0 Å². The van der Waals surface area contributed by atoms with Gasteiger partial charge in [-0.1, -0.05) is 0 Å². The van der Waals surface area contributed by atoms with Crippen LogP contribution in [0.2, 0.25) is 0 Å². The second-order valence-corrected chi connectivity index (χ2v) is 3.69. The van der Waals surface area contributed by atoms with Crippen molar-refractivity contribution >= 4 is 0 Å². The van der Waals surface area contributed by atoms with Gasteiger partial charge in [0.25, 0.3) is 0 Å². The summed E-state index contributed by atoms with van der Waals surface area (Å²) in [5.41, 5.74) is 0. The maximum atomic E-state index is 3.83. The predicted octanol–water partition coefficient (Wildman–Crippen LogP) is 0.407. The summed E-state index contributed by atoms with van der Waals surface area (Å²) in [6.45, 7) is 8.98. The maximum Gasteiger partial charge on any atom is 0.0107 e. The third-order valence-electron chi connectivity index (χ3n) is 2.11. The molecule has 0 atom stereocenters. The van der Waals surface area contributed by atoms with E-state index < -0.39 is 0 Å². The van der Waals surface area contributed by atoms with Gasteiger partial charge in [0.2, 0.25) is 0 Å². The van der Waals surface area contributed by atoms with E-state index in [1.807, 2.05) is 11.9 Å². The van der Waals surface area contributed by atoms with Gasteiger partial charge in [0.1, 0.15) is 0 Å². The molecule has 0 aliphatic carbocycles. The highest BCUT2D eigenvalue weighted by Gasteiger charge is 2.00. The summed E-state index contributed by atoms with van der Waals surface area (Å²) in [5, 5.41) is 0. The third-order valence-corrected chi connectivity index (χ3v) is 2.11. The molecule has 3 heteroatoms. The zero-order chi connectivity index (χ0) is 10.3. The molecule has 0 unspecified atom stereocenters. The lowest BCUT2D eigenvalue weighted by molar-refractivity contribution is 0.251. The van der Waals surface area contributed by atoms with Crippen molar-refractivity contribution in [1.82, 2.24) is 14.7 Å². The molecule has 0 aromatic rings. The summed E-state index contributed by atoms with van der Waals surface area (Å²) >= 11 is 0. The normalized spacial score (nSPS) is 12.0. The molecule has 0 aromatic heterocycles. The van der Waals surface area contributed by atoms with Crippen LogP contribution in [0.25, 0.3) is 0 Å². The Kier molecular flexibility index (Phi) is 7.23. The molecule has 2 radical (unpaired) electrons. The monoisotopic (exact) mass is 185 g/mol. The maximum absolute atomic E-state index is 3.83. The minimum absolute atomic E-state index is 0.878. The van der Waals surface area contributed by atoms with E-state index in [4.69, 9.17) is 0 Å². The van der Waals surface area contributed by atoms with Crippen molar-refractivity contribution in [3.8, 4) is 0 Å². The first kappa shape index (κ1) is 12.9. The fourth-order valence-corrected chi connectivity index (χ4v) is 0.906. The largest absolute Gasteiger partial charge is 0.305 e. The number of hydrogen-bond acceptors (Lipinski definition) is 3. The summed E-state index contributed by atoms with van der Waals surface area (Å²) < 4.78 is 0. The highest BCUT2D eigenvalue weighted by molar-refractivity contribution is 4.59. The number of nitrogens with zero attached hydrogens (tertiary/aromatic N) is 3. The molecule has 0 aliphatic heterocycles. The standard InChI is InChI=1S/C10H23N3/c1-6-12(4)9-10-13(5)8-7-11(2)3/h1-2,6-10H2,3-5H3. The van der Waals surface area contributed by atoms with Crippen molar-refractivity contribution in [2.45, 2.75) is 0 Å². The molecule has 0 aliphatic rings. The molecule has 0 heterocycles. The molecule has 13 heavy (non-hydrogen) atoms. The lowest BCUT2D eigenvalue weighted by Gasteiger charge is -2.22. The second kappa shape index (κ2) is 7.30. The molecule has 0 saturated heterocycles. The Morgan fingerprint density at radius 2 is 1.31 bits per heavy atom. The van der Waals surface area contributed by atoms with E-state index in [1.165, 1.54) is 0 Å². The highest BCUT2D eigenvalue weighted by atomic mass is 15.2. The number of hydrogen-bond donors (Lipinski definition) is 0. The third kappa shape index (κ3) is 8.22. The van der Waals surface area contributed by atoms with Crippen LogP contribution in [-0.2, 0) is 0 Å². The Morgan fingerprint density at radius 1 is 0.846 bits per heavy atom. The number of rotatable bonds is 7. The first-order chi connectivity index (χ1) is 6.06. The molecule has 0 fully saturated rings. The Labute approximate surface area is 83.3 Å². The molecular formula is C10H23N3. The van der Waals surface area contributed by atoms with E-state index in [1.54, 1.807) is 0 Å².